The first-order chi connectivity index (χ1) is 9.99. The zero-order chi connectivity index (χ0) is 15.6. The summed E-state index contributed by atoms with van der Waals surface area (Å²) in [7, 11) is 1.33. The zero-order valence-electron chi connectivity index (χ0n) is 12.1. The van der Waals surface area contributed by atoms with Crippen LogP contribution in [-0.2, 0) is 9.53 Å². The van der Waals surface area contributed by atoms with E-state index in [1.165, 1.54) is 18.4 Å². The first kappa shape index (κ1) is 15.3. The van der Waals surface area contributed by atoms with Crippen molar-refractivity contribution in [3.05, 3.63) is 26.4 Å². The lowest BCUT2D eigenvalue weighted by Crippen LogP contribution is -2.25. The zero-order valence-corrected chi connectivity index (χ0v) is 12.9. The van der Waals surface area contributed by atoms with Crippen LogP contribution in [0.3, 0.4) is 0 Å². The average Bonchev–Trinajstić information content (AvgIpc) is 2.97. The van der Waals surface area contributed by atoms with Crippen LogP contribution in [0.1, 0.15) is 27.2 Å². The van der Waals surface area contributed by atoms with Crippen LogP contribution in [0.15, 0.2) is 5.11 Å². The maximum atomic E-state index is 12.2. The standard InChI is InChI=1S/C13H16N4O3S/c1-7-8(2)21-12(11(7)13(19)20-3)17-6-9(4-10(17)18)5-15-16-14/h9H,4-6H2,1-3H3. The van der Waals surface area contributed by atoms with Crippen molar-refractivity contribution in [3.8, 4) is 0 Å². The molecule has 0 aromatic carbocycles. The fraction of sp³-hybridized carbons (Fsp3) is 0.538. The van der Waals surface area contributed by atoms with Gasteiger partial charge in [-0.15, -0.1) is 11.3 Å². The van der Waals surface area contributed by atoms with Crippen molar-refractivity contribution in [2.45, 2.75) is 20.3 Å². The maximum absolute atomic E-state index is 12.2. The molecular formula is C13H16N4O3S. The van der Waals surface area contributed by atoms with Gasteiger partial charge in [0.25, 0.3) is 0 Å². The number of amides is 1. The SMILES string of the molecule is COC(=O)c1c(N2CC(CN=[N+]=[N-])CC2=O)sc(C)c1C. The molecule has 0 aliphatic carbocycles. The molecule has 1 aromatic heterocycles. The number of nitrogens with zero attached hydrogens (tertiary/aromatic N) is 4. The molecule has 0 bridgehead atoms. The van der Waals surface area contributed by atoms with Crippen molar-refractivity contribution < 1.29 is 14.3 Å². The molecule has 21 heavy (non-hydrogen) atoms. The van der Waals surface area contributed by atoms with E-state index in [4.69, 9.17) is 10.3 Å². The molecule has 0 spiro atoms. The predicted molar refractivity (Wildman–Crippen MR) is 79.6 cm³/mol. The van der Waals surface area contributed by atoms with Crippen LogP contribution in [0.2, 0.25) is 0 Å². The van der Waals surface area contributed by atoms with E-state index in [-0.39, 0.29) is 18.4 Å². The summed E-state index contributed by atoms with van der Waals surface area (Å²) in [6.45, 7) is 4.50. The van der Waals surface area contributed by atoms with Gasteiger partial charge in [0.1, 0.15) is 5.00 Å². The molecule has 0 N–H and O–H groups in total. The summed E-state index contributed by atoms with van der Waals surface area (Å²) in [6.07, 6.45) is 0.329. The minimum Gasteiger partial charge on any atom is -0.465 e. The Balaban J connectivity index is 2.34. The monoisotopic (exact) mass is 308 g/mol. The highest BCUT2D eigenvalue weighted by Crippen LogP contribution is 2.38. The predicted octanol–water partition coefficient (Wildman–Crippen LogP) is 2.81. The second-order valence-electron chi connectivity index (χ2n) is 4.94. The minimum absolute atomic E-state index is 0.0124. The third-order valence-corrected chi connectivity index (χ3v) is 4.84. The summed E-state index contributed by atoms with van der Waals surface area (Å²) in [5.41, 5.74) is 9.66. The maximum Gasteiger partial charge on any atom is 0.341 e. The van der Waals surface area contributed by atoms with Crippen LogP contribution in [0.5, 0.6) is 0 Å². The van der Waals surface area contributed by atoms with Gasteiger partial charge in [-0.3, -0.25) is 4.79 Å². The number of azide groups is 1. The highest BCUT2D eigenvalue weighted by molar-refractivity contribution is 7.16. The molecular weight excluding hydrogens is 292 g/mol. The number of hydrogen-bond acceptors (Lipinski definition) is 5. The molecule has 8 heteroatoms. The van der Waals surface area contributed by atoms with Crippen LogP contribution in [0, 0.1) is 19.8 Å². The number of carbonyl (C=O) groups excluding carboxylic acids is 2. The largest absolute Gasteiger partial charge is 0.465 e. The first-order valence-electron chi connectivity index (χ1n) is 6.49. The van der Waals surface area contributed by atoms with E-state index in [0.29, 0.717) is 23.5 Å². The van der Waals surface area contributed by atoms with Gasteiger partial charge in [-0.05, 0) is 30.9 Å². The van der Waals surface area contributed by atoms with Crippen molar-refractivity contribution in [1.82, 2.24) is 0 Å². The smallest absolute Gasteiger partial charge is 0.341 e. The lowest BCUT2D eigenvalue weighted by molar-refractivity contribution is -0.117. The van der Waals surface area contributed by atoms with Crippen LogP contribution < -0.4 is 4.90 Å². The molecule has 1 atom stereocenters. The number of rotatable bonds is 4. The number of hydrogen-bond donors (Lipinski definition) is 0. The summed E-state index contributed by atoms with van der Waals surface area (Å²) in [6, 6.07) is 0. The molecule has 1 amide bonds. The number of thiophene rings is 1. The normalized spacial score (nSPS) is 17.8. The molecule has 7 nitrogen and oxygen atoms in total. The Labute approximate surface area is 126 Å². The average molecular weight is 308 g/mol. The molecule has 0 radical (unpaired) electrons. The van der Waals surface area contributed by atoms with E-state index in [9.17, 15) is 9.59 Å². The van der Waals surface area contributed by atoms with Gasteiger partial charge < -0.3 is 9.64 Å². The van der Waals surface area contributed by atoms with Gasteiger partial charge in [0.2, 0.25) is 5.91 Å². The molecule has 1 aliphatic rings. The number of ether oxygens (including phenoxy) is 1. The Morgan fingerprint density at radius 3 is 2.90 bits per heavy atom. The molecule has 2 heterocycles. The van der Waals surface area contributed by atoms with Gasteiger partial charge in [-0.1, -0.05) is 5.11 Å². The highest BCUT2D eigenvalue weighted by Gasteiger charge is 2.34. The van der Waals surface area contributed by atoms with Crippen LogP contribution in [0.25, 0.3) is 10.4 Å². The molecule has 1 saturated heterocycles. The van der Waals surface area contributed by atoms with E-state index < -0.39 is 5.97 Å². The van der Waals surface area contributed by atoms with E-state index in [1.807, 2.05) is 13.8 Å². The number of esters is 1. The lowest BCUT2D eigenvalue weighted by Gasteiger charge is -2.16. The summed E-state index contributed by atoms with van der Waals surface area (Å²) in [4.78, 5) is 29.5. The first-order valence-corrected chi connectivity index (χ1v) is 7.30. The van der Waals surface area contributed by atoms with Gasteiger partial charge in [0, 0.05) is 29.3 Å². The van der Waals surface area contributed by atoms with Crippen molar-refractivity contribution in [2.75, 3.05) is 25.1 Å². The minimum atomic E-state index is -0.432. The third-order valence-electron chi connectivity index (χ3n) is 3.61. The quantitative estimate of drug-likeness (QED) is 0.370. The molecule has 1 fully saturated rings. The molecule has 1 aromatic rings. The summed E-state index contributed by atoms with van der Waals surface area (Å²) in [5.74, 6) is -0.501. The van der Waals surface area contributed by atoms with Gasteiger partial charge in [0.05, 0.1) is 12.7 Å². The Hall–Kier alpha value is -2.05. The second-order valence-corrected chi connectivity index (χ2v) is 6.15. The van der Waals surface area contributed by atoms with Crippen molar-refractivity contribution in [3.63, 3.8) is 0 Å². The molecule has 1 unspecified atom stereocenters. The van der Waals surface area contributed by atoms with Crippen molar-refractivity contribution in [2.24, 2.45) is 11.0 Å². The Bertz CT molecular complexity index is 634. The molecule has 112 valence electrons. The molecule has 1 aliphatic heterocycles. The number of carbonyl (C=O) groups is 2. The fourth-order valence-electron chi connectivity index (χ4n) is 2.39. The van der Waals surface area contributed by atoms with Crippen LogP contribution >= 0.6 is 11.3 Å². The Morgan fingerprint density at radius 1 is 1.57 bits per heavy atom. The summed E-state index contributed by atoms with van der Waals surface area (Å²) >= 11 is 1.41. The summed E-state index contributed by atoms with van der Waals surface area (Å²) < 4.78 is 4.82. The van der Waals surface area contributed by atoms with Crippen LogP contribution in [-0.4, -0.2) is 32.1 Å². The molecule has 0 saturated carbocycles. The van der Waals surface area contributed by atoms with Gasteiger partial charge in [0.15, 0.2) is 0 Å². The van der Waals surface area contributed by atoms with Crippen molar-refractivity contribution >= 4 is 28.2 Å². The van der Waals surface area contributed by atoms with Gasteiger partial charge in [-0.25, -0.2) is 4.79 Å². The third kappa shape index (κ3) is 2.86. The van der Waals surface area contributed by atoms with Crippen molar-refractivity contribution in [1.29, 1.82) is 0 Å². The summed E-state index contributed by atoms with van der Waals surface area (Å²) in [5, 5.41) is 4.16. The topological polar surface area (TPSA) is 95.4 Å². The van der Waals surface area contributed by atoms with E-state index in [2.05, 4.69) is 10.0 Å². The van der Waals surface area contributed by atoms with Crippen LogP contribution in [0.4, 0.5) is 5.00 Å². The Kier molecular flexibility index (Phi) is 4.50. The Morgan fingerprint density at radius 2 is 2.29 bits per heavy atom. The lowest BCUT2D eigenvalue weighted by atomic mass is 10.1. The van der Waals surface area contributed by atoms with Gasteiger partial charge >= 0.3 is 5.97 Å². The van der Waals surface area contributed by atoms with E-state index >= 15 is 0 Å². The number of anilines is 1. The van der Waals surface area contributed by atoms with E-state index in [1.54, 1.807) is 4.90 Å². The number of methoxy groups -OCH3 is 1. The number of aryl methyl sites for hydroxylation is 1. The second kappa shape index (κ2) is 6.15. The molecule has 2 rings (SSSR count). The van der Waals surface area contributed by atoms with E-state index in [0.717, 1.165) is 10.4 Å². The fourth-order valence-corrected chi connectivity index (χ4v) is 3.56. The highest BCUT2D eigenvalue weighted by atomic mass is 32.1. The van der Waals surface area contributed by atoms with Gasteiger partial charge in [-0.2, -0.15) is 0 Å².